The number of ether oxygens (including phenoxy) is 1. The largest absolute Gasteiger partial charge is 0.380 e. The van der Waals surface area contributed by atoms with Crippen LogP contribution in [0, 0.1) is 10.1 Å². The normalized spacial score (nSPS) is 11.4. The quantitative estimate of drug-likeness (QED) is 0.663. The second-order valence-corrected chi connectivity index (χ2v) is 5.17. The van der Waals surface area contributed by atoms with Crippen molar-refractivity contribution in [3.05, 3.63) is 32.3 Å². The molecule has 0 bridgehead atoms. The minimum atomic E-state index is -0.541. The number of methoxy groups -OCH3 is 1. The Morgan fingerprint density at radius 2 is 1.89 bits per heavy atom. The average molecular weight is 293 g/mol. The van der Waals surface area contributed by atoms with Crippen LogP contribution in [0.15, 0.2) is 12.1 Å². The molecular formula is C11H14Cl2N2O3. The highest BCUT2D eigenvalue weighted by Crippen LogP contribution is 2.34. The summed E-state index contributed by atoms with van der Waals surface area (Å²) in [6, 6.07) is 2.52. The van der Waals surface area contributed by atoms with Crippen molar-refractivity contribution in [3.8, 4) is 0 Å². The van der Waals surface area contributed by atoms with Crippen LogP contribution >= 0.6 is 23.2 Å². The summed E-state index contributed by atoms with van der Waals surface area (Å²) in [4.78, 5) is 10.1. The third-order valence-electron chi connectivity index (χ3n) is 2.48. The maximum absolute atomic E-state index is 10.6. The summed E-state index contributed by atoms with van der Waals surface area (Å²) in [6.07, 6.45) is 0. The smallest absolute Gasteiger partial charge is 0.272 e. The summed E-state index contributed by atoms with van der Waals surface area (Å²) in [5, 5.41) is 14.1. The highest BCUT2D eigenvalue weighted by Gasteiger charge is 2.19. The van der Waals surface area contributed by atoms with Crippen LogP contribution in [-0.4, -0.2) is 24.2 Å². The SMILES string of the molecule is COC(C)(C)CNc1c(Cl)cc([N+](=O)[O-])cc1Cl. The van der Waals surface area contributed by atoms with Gasteiger partial charge < -0.3 is 10.1 Å². The van der Waals surface area contributed by atoms with Crippen LogP contribution in [0.5, 0.6) is 0 Å². The first-order valence-corrected chi connectivity index (χ1v) is 5.95. The zero-order valence-electron chi connectivity index (χ0n) is 10.3. The molecule has 0 saturated heterocycles. The van der Waals surface area contributed by atoms with E-state index in [0.717, 1.165) is 0 Å². The molecule has 18 heavy (non-hydrogen) atoms. The molecule has 1 rings (SSSR count). The number of benzene rings is 1. The molecule has 0 aromatic heterocycles. The lowest BCUT2D eigenvalue weighted by Gasteiger charge is -2.24. The van der Waals surface area contributed by atoms with Crippen molar-refractivity contribution in [2.45, 2.75) is 19.4 Å². The van der Waals surface area contributed by atoms with Crippen LogP contribution in [0.4, 0.5) is 11.4 Å². The highest BCUT2D eigenvalue weighted by atomic mass is 35.5. The van der Waals surface area contributed by atoms with Crippen molar-refractivity contribution in [2.75, 3.05) is 19.0 Å². The standard InChI is InChI=1S/C11H14Cl2N2O3/c1-11(2,18-3)6-14-10-8(12)4-7(15(16)17)5-9(10)13/h4-5,14H,6H2,1-3H3. The molecule has 0 atom stereocenters. The lowest BCUT2D eigenvalue weighted by Crippen LogP contribution is -2.32. The molecule has 0 aliphatic carbocycles. The van der Waals surface area contributed by atoms with E-state index in [4.69, 9.17) is 27.9 Å². The first-order valence-electron chi connectivity index (χ1n) is 5.19. The molecule has 7 heteroatoms. The minimum Gasteiger partial charge on any atom is -0.380 e. The van der Waals surface area contributed by atoms with Gasteiger partial charge in [0.25, 0.3) is 5.69 Å². The molecule has 0 heterocycles. The van der Waals surface area contributed by atoms with E-state index in [9.17, 15) is 10.1 Å². The minimum absolute atomic E-state index is 0.137. The third kappa shape index (κ3) is 3.73. The molecular weight excluding hydrogens is 279 g/mol. The van der Waals surface area contributed by atoms with Gasteiger partial charge in [-0.05, 0) is 13.8 Å². The van der Waals surface area contributed by atoms with Gasteiger partial charge in [0.15, 0.2) is 0 Å². The fourth-order valence-electron chi connectivity index (χ4n) is 1.21. The van der Waals surface area contributed by atoms with Crippen molar-refractivity contribution in [2.24, 2.45) is 0 Å². The number of anilines is 1. The van der Waals surface area contributed by atoms with Gasteiger partial charge >= 0.3 is 0 Å². The van der Waals surface area contributed by atoms with E-state index in [-0.39, 0.29) is 15.7 Å². The number of hydrogen-bond acceptors (Lipinski definition) is 4. The van der Waals surface area contributed by atoms with Gasteiger partial charge in [0.2, 0.25) is 0 Å². The Hall–Kier alpha value is -1.04. The molecule has 0 amide bonds. The Labute approximate surface area is 115 Å². The van der Waals surface area contributed by atoms with Gasteiger partial charge in [0, 0.05) is 25.8 Å². The first kappa shape index (κ1) is 15.0. The molecule has 1 aromatic rings. The molecule has 0 spiro atoms. The molecule has 0 saturated carbocycles. The highest BCUT2D eigenvalue weighted by molar-refractivity contribution is 6.39. The Morgan fingerprint density at radius 3 is 2.28 bits per heavy atom. The summed E-state index contributed by atoms with van der Waals surface area (Å²) >= 11 is 11.9. The predicted molar refractivity (Wildman–Crippen MR) is 72.7 cm³/mol. The van der Waals surface area contributed by atoms with E-state index in [0.29, 0.717) is 12.2 Å². The number of rotatable bonds is 5. The van der Waals surface area contributed by atoms with E-state index in [1.807, 2.05) is 13.8 Å². The second kappa shape index (κ2) is 5.73. The van der Waals surface area contributed by atoms with Gasteiger partial charge in [-0.3, -0.25) is 10.1 Å². The van der Waals surface area contributed by atoms with Gasteiger partial charge in [-0.15, -0.1) is 0 Å². The number of nitro benzene ring substituents is 1. The van der Waals surface area contributed by atoms with Crippen LogP contribution in [0.25, 0.3) is 0 Å². The monoisotopic (exact) mass is 292 g/mol. The van der Waals surface area contributed by atoms with Gasteiger partial charge in [0.1, 0.15) is 0 Å². The lowest BCUT2D eigenvalue weighted by atomic mass is 10.1. The van der Waals surface area contributed by atoms with Gasteiger partial charge in [0.05, 0.1) is 26.3 Å². The van der Waals surface area contributed by atoms with E-state index in [1.54, 1.807) is 7.11 Å². The molecule has 1 aromatic carbocycles. The Bertz CT molecular complexity index is 441. The van der Waals surface area contributed by atoms with E-state index in [1.165, 1.54) is 12.1 Å². The molecule has 0 aliphatic heterocycles. The summed E-state index contributed by atoms with van der Waals surface area (Å²) in [5.74, 6) is 0. The van der Waals surface area contributed by atoms with Crippen LogP contribution in [0.1, 0.15) is 13.8 Å². The Balaban J connectivity index is 2.94. The molecule has 0 radical (unpaired) electrons. The lowest BCUT2D eigenvalue weighted by molar-refractivity contribution is -0.384. The van der Waals surface area contributed by atoms with E-state index >= 15 is 0 Å². The summed E-state index contributed by atoms with van der Waals surface area (Å²) in [6.45, 7) is 4.27. The predicted octanol–water partition coefficient (Wildman–Crippen LogP) is 3.74. The number of halogens is 2. The van der Waals surface area contributed by atoms with Crippen LogP contribution in [0.3, 0.4) is 0 Å². The third-order valence-corrected chi connectivity index (χ3v) is 3.08. The summed E-state index contributed by atoms with van der Waals surface area (Å²) < 4.78 is 5.24. The molecule has 0 unspecified atom stereocenters. The molecule has 1 N–H and O–H groups in total. The number of hydrogen-bond donors (Lipinski definition) is 1. The maximum atomic E-state index is 10.6. The van der Waals surface area contributed by atoms with Crippen molar-refractivity contribution in [3.63, 3.8) is 0 Å². The molecule has 5 nitrogen and oxygen atoms in total. The Kier molecular flexibility index (Phi) is 4.78. The van der Waals surface area contributed by atoms with Gasteiger partial charge in [-0.1, -0.05) is 23.2 Å². The second-order valence-electron chi connectivity index (χ2n) is 4.36. The average Bonchev–Trinajstić information content (AvgIpc) is 2.27. The fourth-order valence-corrected chi connectivity index (χ4v) is 1.82. The van der Waals surface area contributed by atoms with Crippen LogP contribution < -0.4 is 5.32 Å². The topological polar surface area (TPSA) is 64.4 Å². The zero-order chi connectivity index (χ0) is 13.9. The zero-order valence-corrected chi connectivity index (χ0v) is 11.8. The van der Waals surface area contributed by atoms with Crippen LogP contribution in [-0.2, 0) is 4.74 Å². The molecule has 0 aliphatic rings. The molecule has 0 fully saturated rings. The number of nitro groups is 1. The molecule has 100 valence electrons. The van der Waals surface area contributed by atoms with E-state index in [2.05, 4.69) is 5.32 Å². The van der Waals surface area contributed by atoms with Gasteiger partial charge in [-0.2, -0.15) is 0 Å². The van der Waals surface area contributed by atoms with Gasteiger partial charge in [-0.25, -0.2) is 0 Å². The maximum Gasteiger partial charge on any atom is 0.272 e. The Morgan fingerprint density at radius 1 is 1.39 bits per heavy atom. The summed E-state index contributed by atoms with van der Waals surface area (Å²) in [7, 11) is 1.60. The first-order chi connectivity index (χ1) is 8.26. The van der Waals surface area contributed by atoms with Crippen molar-refractivity contribution < 1.29 is 9.66 Å². The van der Waals surface area contributed by atoms with E-state index < -0.39 is 10.5 Å². The number of non-ortho nitro benzene ring substituents is 1. The van der Waals surface area contributed by atoms with Crippen LogP contribution in [0.2, 0.25) is 10.0 Å². The number of nitrogens with one attached hydrogen (secondary N) is 1. The summed E-state index contributed by atoms with van der Waals surface area (Å²) in [5.41, 5.74) is -0.0651. The van der Waals surface area contributed by atoms with Crippen molar-refractivity contribution in [1.82, 2.24) is 0 Å². The number of nitrogens with zero attached hydrogens (tertiary/aromatic N) is 1. The van der Waals surface area contributed by atoms with Crippen molar-refractivity contribution in [1.29, 1.82) is 0 Å². The fraction of sp³-hybridized carbons (Fsp3) is 0.455. The van der Waals surface area contributed by atoms with Crippen molar-refractivity contribution >= 4 is 34.6 Å².